The first-order chi connectivity index (χ1) is 20.3. The highest BCUT2D eigenvalue weighted by atomic mass is 16.4. The molecule has 0 aliphatic heterocycles. The molecule has 15 nitrogen and oxygen atoms in total. The molecule has 0 radical (unpaired) electrons. The second-order valence-corrected chi connectivity index (χ2v) is 10.7. The molecule has 15 heteroatoms. The van der Waals surface area contributed by atoms with Gasteiger partial charge in [0.25, 0.3) is 0 Å². The summed E-state index contributed by atoms with van der Waals surface area (Å²) >= 11 is 0. The summed E-state index contributed by atoms with van der Waals surface area (Å²) in [5.41, 5.74) is 18.6. The van der Waals surface area contributed by atoms with Crippen molar-refractivity contribution in [1.29, 1.82) is 0 Å². The maximum atomic E-state index is 13.4. The molecule has 1 aromatic carbocycles. The number of aromatic amines is 1. The Morgan fingerprint density at radius 2 is 1.51 bits per heavy atom. The number of aromatic nitrogens is 1. The van der Waals surface area contributed by atoms with Gasteiger partial charge in [-0.05, 0) is 49.7 Å². The second kappa shape index (κ2) is 16.7. The molecule has 3 amide bonds. The van der Waals surface area contributed by atoms with Crippen LogP contribution in [0.5, 0.6) is 0 Å². The number of nitrogens with one attached hydrogen (secondary N) is 4. The zero-order valence-electron chi connectivity index (χ0n) is 24.3. The van der Waals surface area contributed by atoms with E-state index in [1.165, 1.54) is 0 Å². The molecule has 0 aliphatic carbocycles. The molecule has 0 aliphatic rings. The van der Waals surface area contributed by atoms with Crippen LogP contribution >= 0.6 is 0 Å². The third-order valence-corrected chi connectivity index (χ3v) is 6.63. The Labute approximate surface area is 249 Å². The lowest BCUT2D eigenvalue weighted by molar-refractivity contribution is -0.143. The van der Waals surface area contributed by atoms with Crippen LogP contribution in [0.25, 0.3) is 10.9 Å². The number of aliphatic carboxylic acids is 2. The molecule has 43 heavy (non-hydrogen) atoms. The molecule has 0 spiro atoms. The summed E-state index contributed by atoms with van der Waals surface area (Å²) in [6.45, 7) is 3.72. The molecule has 0 bridgehead atoms. The predicted molar refractivity (Wildman–Crippen MR) is 160 cm³/mol. The summed E-state index contributed by atoms with van der Waals surface area (Å²) in [7, 11) is 0. The van der Waals surface area contributed by atoms with Crippen molar-refractivity contribution in [1.82, 2.24) is 20.9 Å². The van der Waals surface area contributed by atoms with Crippen LogP contribution < -0.4 is 33.2 Å². The van der Waals surface area contributed by atoms with Crippen LogP contribution in [0.3, 0.4) is 0 Å². The van der Waals surface area contributed by atoms with Gasteiger partial charge in [-0.3, -0.25) is 24.2 Å². The van der Waals surface area contributed by atoms with E-state index in [0.717, 1.165) is 16.5 Å². The number of nitrogens with two attached hydrogens (primary N) is 3. The van der Waals surface area contributed by atoms with Crippen LogP contribution in [0.4, 0.5) is 0 Å². The van der Waals surface area contributed by atoms with Crippen molar-refractivity contribution >= 4 is 46.5 Å². The van der Waals surface area contributed by atoms with Crippen LogP contribution in [0, 0.1) is 5.92 Å². The number of aliphatic imine (C=N–C) groups is 1. The topological polar surface area (TPSA) is 268 Å². The first-order valence-electron chi connectivity index (χ1n) is 14.0. The molecule has 4 atom stereocenters. The Morgan fingerprint density at radius 1 is 0.907 bits per heavy atom. The number of para-hydroxylation sites is 1. The quantitative estimate of drug-likeness (QED) is 0.0602. The van der Waals surface area contributed by atoms with Crippen molar-refractivity contribution in [3.63, 3.8) is 0 Å². The van der Waals surface area contributed by atoms with Gasteiger partial charge < -0.3 is 48.3 Å². The lowest BCUT2D eigenvalue weighted by atomic mass is 10.0. The minimum atomic E-state index is -1.38. The highest BCUT2D eigenvalue weighted by Gasteiger charge is 2.31. The van der Waals surface area contributed by atoms with Gasteiger partial charge in [-0.2, -0.15) is 0 Å². The summed E-state index contributed by atoms with van der Waals surface area (Å²) in [5, 5.41) is 27.1. The zero-order valence-corrected chi connectivity index (χ0v) is 24.3. The zero-order chi connectivity index (χ0) is 32.1. The number of fused-ring (bicyclic) bond motifs is 1. The van der Waals surface area contributed by atoms with E-state index in [1.807, 2.05) is 24.3 Å². The lowest BCUT2D eigenvalue weighted by Gasteiger charge is -2.25. The number of nitrogens with zero attached hydrogens (tertiary/aromatic N) is 1. The van der Waals surface area contributed by atoms with Gasteiger partial charge in [0.15, 0.2) is 5.96 Å². The largest absolute Gasteiger partial charge is 0.481 e. The average molecular weight is 603 g/mol. The number of rotatable bonds is 18. The Hall–Kier alpha value is -4.66. The predicted octanol–water partition coefficient (Wildman–Crippen LogP) is -0.459. The van der Waals surface area contributed by atoms with E-state index in [9.17, 15) is 34.2 Å². The summed E-state index contributed by atoms with van der Waals surface area (Å²) in [5.74, 6) is -4.95. The number of benzene rings is 1. The van der Waals surface area contributed by atoms with Gasteiger partial charge in [-0.15, -0.1) is 0 Å². The van der Waals surface area contributed by atoms with E-state index < -0.39 is 60.2 Å². The van der Waals surface area contributed by atoms with Crippen LogP contribution in [0.2, 0.25) is 0 Å². The van der Waals surface area contributed by atoms with E-state index in [4.69, 9.17) is 17.2 Å². The standard InChI is InChI=1S/C28H42N8O7/c1-15(2)12-22(27(42)43)36-26(41)21(9-10-23(37)38)35-25(40)20(8-5-11-32-28(30)31)34-24(39)18(29)13-16-14-33-19-7-4-3-6-17(16)19/h3-4,6-7,14-15,18,20-22,33H,5,8-13,29H2,1-2H3,(H,34,39)(H,35,40)(H,36,41)(H,37,38)(H,42,43)(H4,30,31,32). The molecule has 2 aromatic rings. The fraction of sp³-hybridized carbons (Fsp3) is 0.500. The highest BCUT2D eigenvalue weighted by molar-refractivity contribution is 5.94. The minimum Gasteiger partial charge on any atom is -0.481 e. The Balaban J connectivity index is 2.20. The van der Waals surface area contributed by atoms with Crippen molar-refractivity contribution in [3.8, 4) is 0 Å². The molecular formula is C28H42N8O7. The first kappa shape index (κ1) is 34.5. The molecule has 1 aromatic heterocycles. The van der Waals surface area contributed by atoms with Gasteiger partial charge in [-0.25, -0.2) is 4.79 Å². The van der Waals surface area contributed by atoms with Crippen molar-refractivity contribution in [2.75, 3.05) is 6.54 Å². The third kappa shape index (κ3) is 11.6. The van der Waals surface area contributed by atoms with Crippen molar-refractivity contribution in [2.24, 2.45) is 28.1 Å². The molecular weight excluding hydrogens is 560 g/mol. The smallest absolute Gasteiger partial charge is 0.326 e. The molecule has 0 fully saturated rings. The fourth-order valence-electron chi connectivity index (χ4n) is 4.46. The van der Waals surface area contributed by atoms with Crippen LogP contribution in [0.1, 0.15) is 51.5 Å². The molecule has 0 saturated carbocycles. The summed E-state index contributed by atoms with van der Waals surface area (Å²) in [4.78, 5) is 69.4. The van der Waals surface area contributed by atoms with Crippen LogP contribution in [-0.4, -0.2) is 81.5 Å². The van der Waals surface area contributed by atoms with Crippen molar-refractivity contribution < 1.29 is 34.2 Å². The maximum absolute atomic E-state index is 13.4. The van der Waals surface area contributed by atoms with E-state index in [0.29, 0.717) is 0 Å². The Morgan fingerprint density at radius 3 is 2.12 bits per heavy atom. The third-order valence-electron chi connectivity index (χ3n) is 6.63. The average Bonchev–Trinajstić information content (AvgIpc) is 3.33. The molecule has 1 heterocycles. The Bertz CT molecular complexity index is 1310. The van der Waals surface area contributed by atoms with Crippen molar-refractivity contribution in [3.05, 3.63) is 36.0 Å². The first-order valence-corrected chi connectivity index (χ1v) is 14.0. The molecule has 12 N–H and O–H groups in total. The van der Waals surface area contributed by atoms with Gasteiger partial charge in [0.05, 0.1) is 6.04 Å². The van der Waals surface area contributed by atoms with Gasteiger partial charge in [-0.1, -0.05) is 32.0 Å². The molecule has 4 unspecified atom stereocenters. The number of H-pyrrole nitrogens is 1. The Kier molecular flexibility index (Phi) is 13.4. The van der Waals surface area contributed by atoms with Gasteiger partial charge in [0.2, 0.25) is 17.7 Å². The monoisotopic (exact) mass is 602 g/mol. The van der Waals surface area contributed by atoms with E-state index in [1.54, 1.807) is 20.0 Å². The van der Waals surface area contributed by atoms with Gasteiger partial charge >= 0.3 is 11.9 Å². The number of guanidine groups is 1. The van der Waals surface area contributed by atoms with Crippen LogP contribution in [0.15, 0.2) is 35.5 Å². The highest BCUT2D eigenvalue weighted by Crippen LogP contribution is 2.19. The number of amides is 3. The van der Waals surface area contributed by atoms with Crippen molar-refractivity contribution in [2.45, 2.75) is 76.5 Å². The number of hydrogen-bond acceptors (Lipinski definition) is 7. The number of carboxylic acid groups (broad SMARTS) is 2. The number of carbonyl (C=O) groups excluding carboxylic acids is 3. The van der Waals surface area contributed by atoms with E-state index in [2.05, 4.69) is 25.9 Å². The summed E-state index contributed by atoms with van der Waals surface area (Å²) < 4.78 is 0. The minimum absolute atomic E-state index is 0.0620. The number of hydrogen-bond donors (Lipinski definition) is 9. The normalized spacial score (nSPS) is 13.9. The maximum Gasteiger partial charge on any atom is 0.326 e. The van der Waals surface area contributed by atoms with Gasteiger partial charge in [0.1, 0.15) is 18.1 Å². The number of carboxylic acids is 2. The summed E-state index contributed by atoms with van der Waals surface area (Å²) in [6, 6.07) is 2.69. The number of carbonyl (C=O) groups is 5. The summed E-state index contributed by atoms with van der Waals surface area (Å²) in [6.07, 6.45) is 1.61. The molecule has 2 rings (SSSR count). The van der Waals surface area contributed by atoms with Gasteiger partial charge in [0, 0.05) is 30.1 Å². The lowest BCUT2D eigenvalue weighted by Crippen LogP contribution is -2.57. The van der Waals surface area contributed by atoms with Crippen LogP contribution in [-0.2, 0) is 30.4 Å². The SMILES string of the molecule is CC(C)CC(NC(=O)C(CCC(=O)O)NC(=O)C(CCCN=C(N)N)NC(=O)C(N)Cc1c[nH]c2ccccc12)C(=O)O. The second-order valence-electron chi connectivity index (χ2n) is 10.7. The molecule has 236 valence electrons. The van der Waals surface area contributed by atoms with E-state index in [-0.39, 0.29) is 50.5 Å². The fourth-order valence-corrected chi connectivity index (χ4v) is 4.46. The van der Waals surface area contributed by atoms with E-state index >= 15 is 0 Å². The molecule has 0 saturated heterocycles.